The van der Waals surface area contributed by atoms with Gasteiger partial charge in [0.25, 0.3) is 0 Å². The summed E-state index contributed by atoms with van der Waals surface area (Å²) in [6.45, 7) is 17.8. The van der Waals surface area contributed by atoms with Crippen LogP contribution >= 0.6 is 0 Å². The number of fused-ring (bicyclic) bond motifs is 1. The molecule has 10 nitrogen and oxygen atoms in total. The van der Waals surface area contributed by atoms with E-state index in [1.54, 1.807) is 17.1 Å². The van der Waals surface area contributed by atoms with Gasteiger partial charge in [0.15, 0.2) is 0 Å². The molecule has 2 aromatic rings. The number of rotatable bonds is 16. The summed E-state index contributed by atoms with van der Waals surface area (Å²) < 4.78 is 12.4. The molecule has 5 rings (SSSR count). The lowest BCUT2D eigenvalue weighted by atomic mass is 9.70. The number of aliphatic hydroxyl groups is 1. The SMILES string of the molecule is C=CCCC(=O)OC[C@@H](NC(=O)[C@@H]1[C@@H]2CC[C@]3(O2)[C@H](C(=O)N(CC=C)C(C)(C)CC(C)(C)C)N([C@H](CO)c2ccccc2)C(=O)[C@@H]13)c1ccccc1. The lowest BCUT2D eigenvalue weighted by molar-refractivity contribution is -0.155. The van der Waals surface area contributed by atoms with Crippen LogP contribution in [0.3, 0.4) is 0 Å². The predicted molar refractivity (Wildman–Crippen MR) is 198 cm³/mol. The molecule has 3 aliphatic rings. The van der Waals surface area contributed by atoms with Gasteiger partial charge in [-0.3, -0.25) is 19.2 Å². The van der Waals surface area contributed by atoms with E-state index in [0.717, 1.165) is 5.56 Å². The molecule has 1 spiro atoms. The Kier molecular flexibility index (Phi) is 11.8. The molecular formula is C42H55N3O7. The third-order valence-electron chi connectivity index (χ3n) is 10.7. The third-order valence-corrected chi connectivity index (χ3v) is 10.7. The van der Waals surface area contributed by atoms with E-state index < -0.39 is 71.6 Å². The van der Waals surface area contributed by atoms with Gasteiger partial charge in [-0.15, -0.1) is 13.2 Å². The minimum atomic E-state index is -1.29. The largest absolute Gasteiger partial charge is 0.463 e. The molecule has 2 bridgehead atoms. The quantitative estimate of drug-likeness (QED) is 0.169. The summed E-state index contributed by atoms with van der Waals surface area (Å²) in [4.78, 5) is 60.5. The van der Waals surface area contributed by atoms with Crippen LogP contribution in [0.5, 0.6) is 0 Å². The standard InChI is InChI=1S/C42H55N3O7/c1-8-10-21-33(47)51-26-30(28-17-13-11-14-18-28)43-37(48)34-32-22-23-42(52-32)35(34)38(49)45(31(25-46)29-19-15-12-16-20-29)36(42)39(50)44(24-9-2)41(6,7)27-40(3,4)5/h8-9,11-20,30-32,34-36,46H,1-2,10,21-27H2,3-7H3,(H,43,48)/t30-,31-,32+,34-,35-,36+,42-/m1/s1. The van der Waals surface area contributed by atoms with Crippen molar-refractivity contribution in [2.75, 3.05) is 19.8 Å². The Hall–Kier alpha value is -4.28. The van der Waals surface area contributed by atoms with Gasteiger partial charge in [0.1, 0.15) is 18.2 Å². The summed E-state index contributed by atoms with van der Waals surface area (Å²) >= 11 is 0. The van der Waals surface area contributed by atoms with Crippen molar-refractivity contribution < 1.29 is 33.8 Å². The van der Waals surface area contributed by atoms with Crippen LogP contribution < -0.4 is 5.32 Å². The van der Waals surface area contributed by atoms with Crippen LogP contribution in [0.15, 0.2) is 86.0 Å². The number of nitrogens with one attached hydrogen (secondary N) is 1. The second kappa shape index (κ2) is 15.8. The molecule has 0 radical (unpaired) electrons. The van der Waals surface area contributed by atoms with E-state index in [9.17, 15) is 19.5 Å². The Morgan fingerprint density at radius 1 is 1.04 bits per heavy atom. The normalized spacial score (nSPS) is 24.9. The van der Waals surface area contributed by atoms with Gasteiger partial charge in [0, 0.05) is 18.5 Å². The smallest absolute Gasteiger partial charge is 0.306 e. The van der Waals surface area contributed by atoms with Crippen LogP contribution in [-0.4, -0.2) is 81.6 Å². The topological polar surface area (TPSA) is 125 Å². The van der Waals surface area contributed by atoms with Crippen LogP contribution in [0.1, 0.15) is 89.9 Å². The molecule has 0 aliphatic carbocycles. The Bertz CT molecular complexity index is 1620. The highest BCUT2D eigenvalue weighted by Crippen LogP contribution is 2.60. The van der Waals surface area contributed by atoms with Crippen molar-refractivity contribution in [1.82, 2.24) is 15.1 Å². The summed E-state index contributed by atoms with van der Waals surface area (Å²) in [5.41, 5.74) is -0.625. The van der Waals surface area contributed by atoms with Crippen LogP contribution in [0.2, 0.25) is 0 Å². The van der Waals surface area contributed by atoms with E-state index in [4.69, 9.17) is 9.47 Å². The number of likely N-dealkylation sites (tertiary alicyclic amines) is 1. The number of carbonyl (C=O) groups excluding carboxylic acids is 4. The zero-order chi connectivity index (χ0) is 37.8. The fourth-order valence-electron chi connectivity index (χ4n) is 8.98. The predicted octanol–water partition coefficient (Wildman–Crippen LogP) is 5.69. The van der Waals surface area contributed by atoms with Crippen molar-refractivity contribution in [3.8, 4) is 0 Å². The summed E-state index contributed by atoms with van der Waals surface area (Å²) in [7, 11) is 0. The first-order valence-electron chi connectivity index (χ1n) is 18.4. The Morgan fingerprint density at radius 2 is 1.67 bits per heavy atom. The molecule has 0 saturated carbocycles. The Balaban J connectivity index is 1.54. The molecule has 3 aliphatic heterocycles. The van der Waals surface area contributed by atoms with Crippen molar-refractivity contribution in [2.24, 2.45) is 17.3 Å². The average Bonchev–Trinajstić information content (AvgIpc) is 3.75. The fraction of sp³-hybridized carbons (Fsp3) is 0.524. The highest BCUT2D eigenvalue weighted by molar-refractivity contribution is 5.99. The van der Waals surface area contributed by atoms with Gasteiger partial charge in [0.2, 0.25) is 17.7 Å². The molecular weight excluding hydrogens is 658 g/mol. The number of esters is 1. The molecule has 2 aromatic carbocycles. The second-order valence-electron chi connectivity index (χ2n) is 16.2. The van der Waals surface area contributed by atoms with Crippen molar-refractivity contribution in [3.63, 3.8) is 0 Å². The number of allylic oxidation sites excluding steroid dienone is 1. The Labute approximate surface area is 308 Å². The van der Waals surface area contributed by atoms with E-state index in [2.05, 4.69) is 39.2 Å². The minimum absolute atomic E-state index is 0.0963. The van der Waals surface area contributed by atoms with Gasteiger partial charge in [-0.1, -0.05) is 93.6 Å². The monoisotopic (exact) mass is 713 g/mol. The first-order valence-corrected chi connectivity index (χ1v) is 18.4. The van der Waals surface area contributed by atoms with Gasteiger partial charge in [-0.25, -0.2) is 0 Å². The lowest BCUT2D eigenvalue weighted by Gasteiger charge is -2.46. The minimum Gasteiger partial charge on any atom is -0.463 e. The fourth-order valence-corrected chi connectivity index (χ4v) is 8.98. The number of ether oxygens (including phenoxy) is 2. The number of amides is 3. The van der Waals surface area contributed by atoms with E-state index >= 15 is 4.79 Å². The van der Waals surface area contributed by atoms with Gasteiger partial charge >= 0.3 is 5.97 Å². The van der Waals surface area contributed by atoms with Gasteiger partial charge < -0.3 is 29.7 Å². The average molecular weight is 714 g/mol. The molecule has 3 fully saturated rings. The van der Waals surface area contributed by atoms with Gasteiger partial charge in [-0.2, -0.15) is 0 Å². The maximum atomic E-state index is 15.2. The number of hydrogen-bond acceptors (Lipinski definition) is 7. The van der Waals surface area contributed by atoms with E-state index in [0.29, 0.717) is 31.2 Å². The number of aliphatic hydroxyl groups excluding tert-OH is 1. The molecule has 0 aromatic heterocycles. The summed E-state index contributed by atoms with van der Waals surface area (Å²) in [6, 6.07) is 15.8. The van der Waals surface area contributed by atoms with E-state index in [1.165, 1.54) is 4.90 Å². The number of benzene rings is 2. The van der Waals surface area contributed by atoms with Gasteiger partial charge in [0.05, 0.1) is 36.6 Å². The van der Waals surface area contributed by atoms with Crippen LogP contribution in [0, 0.1) is 17.3 Å². The molecule has 52 heavy (non-hydrogen) atoms. The number of hydrogen-bond donors (Lipinski definition) is 2. The van der Waals surface area contributed by atoms with Crippen molar-refractivity contribution in [1.29, 1.82) is 0 Å². The molecule has 3 saturated heterocycles. The van der Waals surface area contributed by atoms with E-state index in [1.807, 2.05) is 74.5 Å². The summed E-state index contributed by atoms with van der Waals surface area (Å²) in [5.74, 6) is -3.40. The molecule has 10 heteroatoms. The van der Waals surface area contributed by atoms with Crippen molar-refractivity contribution >= 4 is 23.7 Å². The maximum absolute atomic E-state index is 15.2. The molecule has 7 atom stereocenters. The zero-order valence-electron chi connectivity index (χ0n) is 31.3. The number of carbonyl (C=O) groups is 4. The maximum Gasteiger partial charge on any atom is 0.306 e. The highest BCUT2D eigenvalue weighted by Gasteiger charge is 2.75. The zero-order valence-corrected chi connectivity index (χ0v) is 31.3. The summed E-state index contributed by atoms with van der Waals surface area (Å²) in [5, 5.41) is 14.0. The molecule has 0 unspecified atom stereocenters. The summed E-state index contributed by atoms with van der Waals surface area (Å²) in [6.07, 6.45) is 4.94. The van der Waals surface area contributed by atoms with E-state index in [-0.39, 0.29) is 30.9 Å². The molecule has 280 valence electrons. The molecule has 3 amide bonds. The van der Waals surface area contributed by atoms with Crippen LogP contribution in [0.25, 0.3) is 0 Å². The van der Waals surface area contributed by atoms with Gasteiger partial charge in [-0.05, 0) is 56.1 Å². The van der Waals surface area contributed by atoms with Crippen LogP contribution in [0.4, 0.5) is 0 Å². The second-order valence-corrected chi connectivity index (χ2v) is 16.2. The molecule has 2 N–H and O–H groups in total. The third kappa shape index (κ3) is 7.74. The lowest BCUT2D eigenvalue weighted by Crippen LogP contribution is -2.61. The van der Waals surface area contributed by atoms with Crippen molar-refractivity contribution in [2.45, 2.75) is 102 Å². The first-order chi connectivity index (χ1) is 24.7. The highest BCUT2D eigenvalue weighted by atomic mass is 16.5. The molecule has 3 heterocycles. The van der Waals surface area contributed by atoms with Crippen molar-refractivity contribution in [3.05, 3.63) is 97.1 Å². The van der Waals surface area contributed by atoms with Crippen LogP contribution in [-0.2, 0) is 28.7 Å². The number of nitrogens with zero attached hydrogens (tertiary/aromatic N) is 2. The Morgan fingerprint density at radius 3 is 2.25 bits per heavy atom. The first kappa shape index (κ1) is 38.9.